The minimum Gasteiger partial charge on any atom is -0.325 e. The van der Waals surface area contributed by atoms with Gasteiger partial charge in [-0.05, 0) is 45.4 Å². The van der Waals surface area contributed by atoms with Crippen LogP contribution < -0.4 is 10.2 Å². The molecular formula is C22H27N5. The lowest BCUT2D eigenvalue weighted by molar-refractivity contribution is 0.580. The lowest BCUT2D eigenvalue weighted by Crippen LogP contribution is -2.39. The van der Waals surface area contributed by atoms with Gasteiger partial charge >= 0.3 is 0 Å². The molecule has 0 saturated carbocycles. The van der Waals surface area contributed by atoms with Gasteiger partial charge in [-0.25, -0.2) is 9.98 Å². The molecule has 140 valence electrons. The lowest BCUT2D eigenvalue weighted by atomic mass is 10.1. The summed E-state index contributed by atoms with van der Waals surface area (Å²) in [6.07, 6.45) is 4.29. The standard InChI is InChI=1S/C22H27N5/c1-5-6-14-27-20-19(24-18-13-9-10-15-26(18)20)16-11-7-8-12-17(16)23-21(27)25-22(2,3)4/h7-13,15H,5-6,14H2,1-4H3,(H,23,25). The third-order valence-corrected chi connectivity index (χ3v) is 4.62. The van der Waals surface area contributed by atoms with E-state index in [0.717, 1.165) is 53.8 Å². The van der Waals surface area contributed by atoms with Crippen molar-refractivity contribution in [3.63, 3.8) is 0 Å². The number of para-hydroxylation sites is 1. The van der Waals surface area contributed by atoms with Crippen LogP contribution in [0.4, 0.5) is 11.5 Å². The molecule has 3 heterocycles. The van der Waals surface area contributed by atoms with E-state index in [0.29, 0.717) is 0 Å². The zero-order valence-electron chi connectivity index (χ0n) is 16.5. The molecule has 0 radical (unpaired) electrons. The first-order valence-corrected chi connectivity index (χ1v) is 9.69. The number of fused-ring (bicyclic) bond motifs is 5. The van der Waals surface area contributed by atoms with E-state index in [9.17, 15) is 0 Å². The minimum absolute atomic E-state index is 0.188. The molecule has 1 aliphatic heterocycles. The Hall–Kier alpha value is -2.82. The van der Waals surface area contributed by atoms with Gasteiger partial charge in [-0.1, -0.05) is 37.6 Å². The fourth-order valence-electron chi connectivity index (χ4n) is 3.44. The topological polar surface area (TPSA) is 44.9 Å². The van der Waals surface area contributed by atoms with Gasteiger partial charge < -0.3 is 5.32 Å². The van der Waals surface area contributed by atoms with Gasteiger partial charge in [-0.3, -0.25) is 9.30 Å². The van der Waals surface area contributed by atoms with E-state index in [4.69, 9.17) is 9.98 Å². The van der Waals surface area contributed by atoms with Crippen LogP contribution in [0, 0.1) is 0 Å². The maximum Gasteiger partial charge on any atom is 0.204 e. The Labute approximate surface area is 160 Å². The predicted octanol–water partition coefficient (Wildman–Crippen LogP) is 5.19. The number of hydrogen-bond donors (Lipinski definition) is 1. The molecule has 1 aromatic carbocycles. The summed E-state index contributed by atoms with van der Waals surface area (Å²) in [6, 6.07) is 14.5. The molecule has 0 saturated heterocycles. The highest BCUT2D eigenvalue weighted by molar-refractivity contribution is 6.12. The molecule has 0 bridgehead atoms. The molecule has 27 heavy (non-hydrogen) atoms. The first kappa shape index (κ1) is 17.6. The summed E-state index contributed by atoms with van der Waals surface area (Å²) >= 11 is 0. The number of anilines is 2. The van der Waals surface area contributed by atoms with E-state index in [1.807, 2.05) is 6.07 Å². The van der Waals surface area contributed by atoms with Crippen LogP contribution in [0.3, 0.4) is 0 Å². The molecule has 0 fully saturated rings. The fraction of sp³-hybridized carbons (Fsp3) is 0.364. The van der Waals surface area contributed by atoms with Crippen molar-refractivity contribution in [2.45, 2.75) is 46.1 Å². The Morgan fingerprint density at radius 1 is 1.07 bits per heavy atom. The second-order valence-corrected chi connectivity index (χ2v) is 7.99. The molecule has 5 nitrogen and oxygen atoms in total. The second-order valence-electron chi connectivity index (χ2n) is 7.99. The number of unbranched alkanes of at least 4 members (excludes halogenated alkanes) is 1. The van der Waals surface area contributed by atoms with E-state index >= 15 is 0 Å². The van der Waals surface area contributed by atoms with E-state index in [1.54, 1.807) is 0 Å². The number of aromatic nitrogens is 2. The molecule has 0 unspecified atom stereocenters. The molecule has 0 atom stereocenters. The fourth-order valence-corrected chi connectivity index (χ4v) is 3.44. The number of guanidine groups is 1. The third kappa shape index (κ3) is 3.29. The van der Waals surface area contributed by atoms with Crippen LogP contribution >= 0.6 is 0 Å². The molecular weight excluding hydrogens is 334 g/mol. The minimum atomic E-state index is -0.188. The Kier molecular flexibility index (Phi) is 4.38. The van der Waals surface area contributed by atoms with Crippen LogP contribution in [0.1, 0.15) is 40.5 Å². The summed E-state index contributed by atoms with van der Waals surface area (Å²) in [6.45, 7) is 9.50. The van der Waals surface area contributed by atoms with Gasteiger partial charge in [0.15, 0.2) is 0 Å². The van der Waals surface area contributed by atoms with Crippen molar-refractivity contribution in [1.82, 2.24) is 9.38 Å². The highest BCUT2D eigenvalue weighted by atomic mass is 15.4. The molecule has 0 aliphatic carbocycles. The first-order valence-electron chi connectivity index (χ1n) is 9.69. The average molecular weight is 361 g/mol. The number of nitrogens with zero attached hydrogens (tertiary/aromatic N) is 4. The van der Waals surface area contributed by atoms with Gasteiger partial charge in [0.1, 0.15) is 17.2 Å². The zero-order chi connectivity index (χ0) is 19.0. The number of pyridine rings is 1. The predicted molar refractivity (Wildman–Crippen MR) is 114 cm³/mol. The number of imidazole rings is 1. The van der Waals surface area contributed by atoms with Crippen LogP contribution in [0.5, 0.6) is 0 Å². The van der Waals surface area contributed by atoms with E-state index in [1.165, 1.54) is 0 Å². The van der Waals surface area contributed by atoms with Crippen molar-refractivity contribution in [2.75, 3.05) is 16.8 Å². The highest BCUT2D eigenvalue weighted by Crippen LogP contribution is 2.39. The SMILES string of the molecule is CCCCN1C(=NC(C)(C)C)Nc2ccccc2-c2nc3ccccn3c21. The van der Waals surface area contributed by atoms with E-state index in [2.05, 4.69) is 84.9 Å². The summed E-state index contributed by atoms with van der Waals surface area (Å²) in [4.78, 5) is 12.3. The monoisotopic (exact) mass is 361 g/mol. The summed E-state index contributed by atoms with van der Waals surface area (Å²) in [5, 5.41) is 3.60. The molecule has 2 aromatic heterocycles. The molecule has 5 heteroatoms. The molecule has 0 spiro atoms. The van der Waals surface area contributed by atoms with Crippen LogP contribution in [0.15, 0.2) is 53.7 Å². The van der Waals surface area contributed by atoms with Crippen LogP contribution in [0.25, 0.3) is 16.9 Å². The maximum absolute atomic E-state index is 5.04. The zero-order valence-corrected chi connectivity index (χ0v) is 16.5. The average Bonchev–Trinajstić information content (AvgIpc) is 2.95. The summed E-state index contributed by atoms with van der Waals surface area (Å²) in [5.74, 6) is 1.97. The summed E-state index contributed by atoms with van der Waals surface area (Å²) in [5.41, 5.74) is 3.92. The molecule has 1 aliphatic rings. The van der Waals surface area contributed by atoms with Gasteiger partial charge in [0.2, 0.25) is 5.96 Å². The van der Waals surface area contributed by atoms with Crippen molar-refractivity contribution in [3.8, 4) is 11.3 Å². The van der Waals surface area contributed by atoms with Gasteiger partial charge in [0, 0.05) is 18.3 Å². The van der Waals surface area contributed by atoms with Crippen molar-refractivity contribution in [1.29, 1.82) is 0 Å². The quantitative estimate of drug-likeness (QED) is 0.698. The van der Waals surface area contributed by atoms with Gasteiger partial charge in [-0.15, -0.1) is 0 Å². The number of hydrogen-bond acceptors (Lipinski definition) is 2. The Morgan fingerprint density at radius 2 is 1.85 bits per heavy atom. The molecule has 3 aromatic rings. The Bertz CT molecular complexity index is 993. The van der Waals surface area contributed by atoms with E-state index in [-0.39, 0.29) is 5.54 Å². The molecule has 4 rings (SSSR count). The second kappa shape index (κ2) is 6.72. The van der Waals surface area contributed by atoms with Crippen LogP contribution in [0.2, 0.25) is 0 Å². The lowest BCUT2D eigenvalue weighted by Gasteiger charge is -2.27. The van der Waals surface area contributed by atoms with Crippen molar-refractivity contribution >= 4 is 23.1 Å². The van der Waals surface area contributed by atoms with Gasteiger partial charge in [0.25, 0.3) is 0 Å². The number of rotatable bonds is 3. The Balaban J connectivity index is 2.02. The van der Waals surface area contributed by atoms with E-state index < -0.39 is 0 Å². The first-order chi connectivity index (χ1) is 13.0. The van der Waals surface area contributed by atoms with Gasteiger partial charge in [-0.2, -0.15) is 0 Å². The van der Waals surface area contributed by atoms with Crippen LogP contribution in [-0.4, -0.2) is 27.4 Å². The third-order valence-electron chi connectivity index (χ3n) is 4.62. The number of benzene rings is 1. The normalized spacial score (nSPS) is 15.4. The maximum atomic E-state index is 5.04. The smallest absolute Gasteiger partial charge is 0.204 e. The molecule has 1 N–H and O–H groups in total. The van der Waals surface area contributed by atoms with Crippen molar-refractivity contribution in [2.24, 2.45) is 4.99 Å². The summed E-state index contributed by atoms with van der Waals surface area (Å²) < 4.78 is 2.17. The van der Waals surface area contributed by atoms with Gasteiger partial charge in [0.05, 0.1) is 11.2 Å². The van der Waals surface area contributed by atoms with Crippen molar-refractivity contribution in [3.05, 3.63) is 48.7 Å². The highest BCUT2D eigenvalue weighted by Gasteiger charge is 2.29. The molecule has 0 amide bonds. The number of nitrogens with one attached hydrogen (secondary N) is 1. The number of aliphatic imine (C=N–C) groups is 1. The largest absolute Gasteiger partial charge is 0.325 e. The summed E-state index contributed by atoms with van der Waals surface area (Å²) in [7, 11) is 0. The Morgan fingerprint density at radius 3 is 2.63 bits per heavy atom. The van der Waals surface area contributed by atoms with Crippen LogP contribution in [-0.2, 0) is 0 Å². The van der Waals surface area contributed by atoms with Crippen molar-refractivity contribution < 1.29 is 0 Å².